The maximum atomic E-state index is 12.5. The van der Waals surface area contributed by atoms with Gasteiger partial charge in [0.25, 0.3) is 0 Å². The molecule has 1 N–H and O–H groups in total. The van der Waals surface area contributed by atoms with E-state index in [1.165, 1.54) is 0 Å². The van der Waals surface area contributed by atoms with Gasteiger partial charge in [0.2, 0.25) is 17.7 Å². The lowest BCUT2D eigenvalue weighted by Gasteiger charge is -2.20. The Morgan fingerprint density at radius 3 is 2.42 bits per heavy atom. The number of benzene rings is 1. The minimum absolute atomic E-state index is 0.185. The van der Waals surface area contributed by atoms with E-state index in [0.29, 0.717) is 5.75 Å². The van der Waals surface area contributed by atoms with Crippen molar-refractivity contribution in [1.29, 1.82) is 0 Å². The summed E-state index contributed by atoms with van der Waals surface area (Å²) >= 11 is 0. The number of imide groups is 1. The van der Waals surface area contributed by atoms with E-state index in [1.54, 1.807) is 7.11 Å². The molecule has 6 nitrogen and oxygen atoms in total. The number of methoxy groups -OCH3 is 1. The van der Waals surface area contributed by atoms with Crippen molar-refractivity contribution >= 4 is 17.7 Å². The molecule has 140 valence electrons. The Labute approximate surface area is 153 Å². The first-order valence-corrected chi connectivity index (χ1v) is 9.21. The summed E-state index contributed by atoms with van der Waals surface area (Å²) in [6.07, 6.45) is 3.46. The summed E-state index contributed by atoms with van der Waals surface area (Å²) in [4.78, 5) is 38.6. The summed E-state index contributed by atoms with van der Waals surface area (Å²) in [6, 6.07) is 5.49. The summed E-state index contributed by atoms with van der Waals surface area (Å²) < 4.78 is 5.36. The standard InChI is InChI=1S/C20H26N2O4/c1-12-8-9-17(26-3)16(10-12)13(2)21-18(23)11-22-19(24)14-6-4-5-7-15(14)20(22)25/h8-10,13-15H,4-7,11H2,1-3H3,(H,21,23)/t13-,14-,15+/m0/s1. The van der Waals surface area contributed by atoms with Crippen molar-refractivity contribution < 1.29 is 19.1 Å². The van der Waals surface area contributed by atoms with Crippen LogP contribution in [0.2, 0.25) is 0 Å². The quantitative estimate of drug-likeness (QED) is 0.820. The third-order valence-corrected chi connectivity index (χ3v) is 5.46. The molecule has 1 aromatic rings. The molecule has 0 radical (unpaired) electrons. The number of carbonyl (C=O) groups is 3. The number of hydrogen-bond acceptors (Lipinski definition) is 4. The van der Waals surface area contributed by atoms with E-state index in [1.807, 2.05) is 32.0 Å². The SMILES string of the molecule is COc1ccc(C)cc1[C@H](C)NC(=O)CN1C(=O)[C@H]2CCCC[C@H]2C1=O. The number of rotatable bonds is 5. The summed E-state index contributed by atoms with van der Waals surface area (Å²) in [7, 11) is 1.59. The topological polar surface area (TPSA) is 75.7 Å². The van der Waals surface area contributed by atoms with Crippen LogP contribution in [0.15, 0.2) is 18.2 Å². The molecule has 1 aromatic carbocycles. The van der Waals surface area contributed by atoms with Crippen molar-refractivity contribution in [3.63, 3.8) is 0 Å². The van der Waals surface area contributed by atoms with Crippen LogP contribution in [0.1, 0.15) is 49.8 Å². The lowest BCUT2D eigenvalue weighted by Crippen LogP contribution is -2.41. The molecule has 3 atom stereocenters. The highest BCUT2D eigenvalue weighted by Gasteiger charge is 2.48. The third kappa shape index (κ3) is 3.45. The maximum Gasteiger partial charge on any atom is 0.240 e. The molecule has 2 aliphatic rings. The van der Waals surface area contributed by atoms with Crippen LogP contribution in [-0.4, -0.2) is 36.3 Å². The molecule has 0 aromatic heterocycles. The highest BCUT2D eigenvalue weighted by Crippen LogP contribution is 2.37. The number of hydrogen-bond donors (Lipinski definition) is 1. The molecule has 1 heterocycles. The van der Waals surface area contributed by atoms with Crippen LogP contribution in [0, 0.1) is 18.8 Å². The second kappa shape index (κ2) is 7.48. The zero-order chi connectivity index (χ0) is 18.8. The van der Waals surface area contributed by atoms with Gasteiger partial charge in [0.1, 0.15) is 12.3 Å². The lowest BCUT2D eigenvalue weighted by atomic mass is 9.81. The molecule has 0 unspecified atom stereocenters. The van der Waals surface area contributed by atoms with Crippen LogP contribution < -0.4 is 10.1 Å². The van der Waals surface area contributed by atoms with Crippen molar-refractivity contribution in [2.45, 2.75) is 45.6 Å². The van der Waals surface area contributed by atoms with E-state index in [-0.39, 0.29) is 42.1 Å². The molecular weight excluding hydrogens is 332 g/mol. The Morgan fingerprint density at radius 2 is 1.85 bits per heavy atom. The van der Waals surface area contributed by atoms with Crippen LogP contribution in [0.4, 0.5) is 0 Å². The van der Waals surface area contributed by atoms with Gasteiger partial charge >= 0.3 is 0 Å². The maximum absolute atomic E-state index is 12.5. The van der Waals surface area contributed by atoms with Gasteiger partial charge in [-0.2, -0.15) is 0 Å². The Hall–Kier alpha value is -2.37. The van der Waals surface area contributed by atoms with E-state index >= 15 is 0 Å². The van der Waals surface area contributed by atoms with Gasteiger partial charge in [-0.15, -0.1) is 0 Å². The van der Waals surface area contributed by atoms with Gasteiger partial charge in [0.15, 0.2) is 0 Å². The largest absolute Gasteiger partial charge is 0.496 e. The van der Waals surface area contributed by atoms with Crippen molar-refractivity contribution in [3.8, 4) is 5.75 Å². The normalized spacial score (nSPS) is 23.6. The molecule has 1 saturated carbocycles. The summed E-state index contributed by atoms with van der Waals surface area (Å²) in [6.45, 7) is 3.63. The summed E-state index contributed by atoms with van der Waals surface area (Å²) in [5, 5.41) is 2.88. The fraction of sp³-hybridized carbons (Fsp3) is 0.550. The van der Waals surface area contributed by atoms with Gasteiger partial charge < -0.3 is 10.1 Å². The van der Waals surface area contributed by atoms with Crippen LogP contribution in [0.25, 0.3) is 0 Å². The smallest absolute Gasteiger partial charge is 0.240 e. The second-order valence-corrected chi connectivity index (χ2v) is 7.29. The number of nitrogens with zero attached hydrogens (tertiary/aromatic N) is 1. The number of nitrogens with one attached hydrogen (secondary N) is 1. The Bertz CT molecular complexity index is 707. The van der Waals surface area contributed by atoms with E-state index < -0.39 is 0 Å². The van der Waals surface area contributed by atoms with Gasteiger partial charge in [0, 0.05) is 5.56 Å². The number of amides is 3. The fourth-order valence-electron chi connectivity index (χ4n) is 4.09. The highest BCUT2D eigenvalue weighted by molar-refractivity contribution is 6.07. The summed E-state index contributed by atoms with van der Waals surface area (Å²) in [5.41, 5.74) is 1.93. The molecule has 1 aliphatic carbocycles. The molecule has 1 saturated heterocycles. The van der Waals surface area contributed by atoms with Gasteiger partial charge in [-0.05, 0) is 32.8 Å². The third-order valence-electron chi connectivity index (χ3n) is 5.46. The molecule has 0 spiro atoms. The Balaban J connectivity index is 1.66. The van der Waals surface area contributed by atoms with Gasteiger partial charge in [-0.1, -0.05) is 30.5 Å². The number of carbonyl (C=O) groups excluding carboxylic acids is 3. The van der Waals surface area contributed by atoms with E-state index in [2.05, 4.69) is 5.32 Å². The van der Waals surface area contributed by atoms with Crippen LogP contribution >= 0.6 is 0 Å². The van der Waals surface area contributed by atoms with Crippen LogP contribution in [-0.2, 0) is 14.4 Å². The second-order valence-electron chi connectivity index (χ2n) is 7.29. The lowest BCUT2D eigenvalue weighted by molar-refractivity contribution is -0.143. The van der Waals surface area contributed by atoms with Crippen LogP contribution in [0.3, 0.4) is 0 Å². The number of likely N-dealkylation sites (tertiary alicyclic amines) is 1. The Kier molecular flexibility index (Phi) is 5.30. The number of ether oxygens (including phenoxy) is 1. The fourth-order valence-corrected chi connectivity index (χ4v) is 4.09. The molecule has 6 heteroatoms. The van der Waals surface area contributed by atoms with E-state index in [9.17, 15) is 14.4 Å². The zero-order valence-electron chi connectivity index (χ0n) is 15.6. The monoisotopic (exact) mass is 358 g/mol. The van der Waals surface area contributed by atoms with Crippen molar-refractivity contribution in [1.82, 2.24) is 10.2 Å². The first-order chi connectivity index (χ1) is 12.4. The van der Waals surface area contributed by atoms with E-state index in [4.69, 9.17) is 4.74 Å². The van der Waals surface area contributed by atoms with Crippen molar-refractivity contribution in [2.24, 2.45) is 11.8 Å². The predicted molar refractivity (Wildman–Crippen MR) is 96.5 cm³/mol. The minimum atomic E-state index is -0.332. The zero-order valence-corrected chi connectivity index (χ0v) is 15.6. The highest BCUT2D eigenvalue weighted by atomic mass is 16.5. The summed E-state index contributed by atoms with van der Waals surface area (Å²) in [5.74, 6) is -0.452. The average molecular weight is 358 g/mol. The Morgan fingerprint density at radius 1 is 1.23 bits per heavy atom. The first kappa shape index (κ1) is 18.4. The predicted octanol–water partition coefficient (Wildman–Crippen LogP) is 2.36. The van der Waals surface area contributed by atoms with Crippen molar-refractivity contribution in [3.05, 3.63) is 29.3 Å². The van der Waals surface area contributed by atoms with Gasteiger partial charge in [-0.25, -0.2) is 0 Å². The van der Waals surface area contributed by atoms with Crippen LogP contribution in [0.5, 0.6) is 5.75 Å². The molecular formula is C20H26N2O4. The molecule has 3 amide bonds. The van der Waals surface area contributed by atoms with Gasteiger partial charge in [-0.3, -0.25) is 19.3 Å². The van der Waals surface area contributed by atoms with E-state index in [0.717, 1.165) is 41.7 Å². The van der Waals surface area contributed by atoms with Crippen molar-refractivity contribution in [2.75, 3.05) is 13.7 Å². The molecule has 26 heavy (non-hydrogen) atoms. The average Bonchev–Trinajstić information content (AvgIpc) is 2.87. The number of fused-ring (bicyclic) bond motifs is 1. The number of aryl methyl sites for hydroxylation is 1. The first-order valence-electron chi connectivity index (χ1n) is 9.21. The van der Waals surface area contributed by atoms with Gasteiger partial charge in [0.05, 0.1) is 25.0 Å². The molecule has 3 rings (SSSR count). The molecule has 1 aliphatic heterocycles. The minimum Gasteiger partial charge on any atom is -0.496 e. The molecule has 0 bridgehead atoms. The molecule has 2 fully saturated rings.